The lowest BCUT2D eigenvalue weighted by Gasteiger charge is -2.13. The van der Waals surface area contributed by atoms with Crippen molar-refractivity contribution in [1.29, 1.82) is 0 Å². The highest BCUT2D eigenvalue weighted by molar-refractivity contribution is 5.95. The predicted octanol–water partition coefficient (Wildman–Crippen LogP) is 2.29. The van der Waals surface area contributed by atoms with E-state index in [-0.39, 0.29) is 23.4 Å². The van der Waals surface area contributed by atoms with Crippen molar-refractivity contribution in [3.05, 3.63) is 69.3 Å². The molecular formula is C17H17N3O5. The SMILES string of the molecule is CN(C)c1ccc(C(=O)NCc2cccc(C(=O)O)c2)cc1[N+](=O)[O-]. The van der Waals surface area contributed by atoms with Crippen LogP contribution in [0.4, 0.5) is 11.4 Å². The third-order valence-electron chi connectivity index (χ3n) is 3.54. The van der Waals surface area contributed by atoms with E-state index in [0.29, 0.717) is 11.3 Å². The number of nitrogens with one attached hydrogen (secondary N) is 1. The Kier molecular flexibility index (Phi) is 5.33. The van der Waals surface area contributed by atoms with Gasteiger partial charge < -0.3 is 15.3 Å². The summed E-state index contributed by atoms with van der Waals surface area (Å²) < 4.78 is 0. The molecule has 0 saturated heterocycles. The summed E-state index contributed by atoms with van der Waals surface area (Å²) in [6.45, 7) is 0.114. The van der Waals surface area contributed by atoms with Gasteiger partial charge in [0, 0.05) is 32.3 Å². The molecule has 0 fully saturated rings. The average Bonchev–Trinajstić information content (AvgIpc) is 2.59. The van der Waals surface area contributed by atoms with Gasteiger partial charge >= 0.3 is 5.97 Å². The van der Waals surface area contributed by atoms with Crippen LogP contribution in [0.25, 0.3) is 0 Å². The fourth-order valence-corrected chi connectivity index (χ4v) is 2.29. The Morgan fingerprint density at radius 2 is 1.88 bits per heavy atom. The summed E-state index contributed by atoms with van der Waals surface area (Å²) in [4.78, 5) is 35.4. The maximum Gasteiger partial charge on any atom is 0.335 e. The molecule has 0 atom stereocenters. The Morgan fingerprint density at radius 1 is 1.16 bits per heavy atom. The highest BCUT2D eigenvalue weighted by atomic mass is 16.6. The van der Waals surface area contributed by atoms with E-state index >= 15 is 0 Å². The molecule has 0 aliphatic carbocycles. The summed E-state index contributed by atoms with van der Waals surface area (Å²) in [5, 5.41) is 22.8. The summed E-state index contributed by atoms with van der Waals surface area (Å²) >= 11 is 0. The number of benzene rings is 2. The van der Waals surface area contributed by atoms with Crippen LogP contribution in [-0.2, 0) is 6.54 Å². The van der Waals surface area contributed by atoms with Crippen molar-refractivity contribution >= 4 is 23.3 Å². The van der Waals surface area contributed by atoms with E-state index < -0.39 is 16.8 Å². The fourth-order valence-electron chi connectivity index (χ4n) is 2.29. The van der Waals surface area contributed by atoms with Crippen molar-refractivity contribution in [2.45, 2.75) is 6.54 Å². The lowest BCUT2D eigenvalue weighted by molar-refractivity contribution is -0.384. The van der Waals surface area contributed by atoms with Gasteiger partial charge in [-0.25, -0.2) is 4.79 Å². The largest absolute Gasteiger partial charge is 0.478 e. The van der Waals surface area contributed by atoms with Gasteiger partial charge in [-0.3, -0.25) is 14.9 Å². The summed E-state index contributed by atoms with van der Waals surface area (Å²) in [6.07, 6.45) is 0. The van der Waals surface area contributed by atoms with E-state index in [2.05, 4.69) is 5.32 Å². The summed E-state index contributed by atoms with van der Waals surface area (Å²) in [5.74, 6) is -1.53. The second kappa shape index (κ2) is 7.43. The van der Waals surface area contributed by atoms with Crippen LogP contribution in [0.2, 0.25) is 0 Å². The molecular weight excluding hydrogens is 326 g/mol. The minimum Gasteiger partial charge on any atom is -0.478 e. The van der Waals surface area contributed by atoms with E-state index in [1.807, 2.05) is 0 Å². The first-order valence-electron chi connectivity index (χ1n) is 7.36. The highest BCUT2D eigenvalue weighted by Gasteiger charge is 2.18. The molecule has 2 rings (SSSR count). The molecule has 0 aliphatic rings. The molecule has 2 aromatic rings. The standard InChI is InChI=1S/C17H17N3O5/c1-19(2)14-7-6-12(9-15(14)20(24)25)16(21)18-10-11-4-3-5-13(8-11)17(22)23/h3-9H,10H2,1-2H3,(H,18,21)(H,22,23). The van der Waals surface area contributed by atoms with E-state index in [9.17, 15) is 19.7 Å². The van der Waals surface area contributed by atoms with Crippen molar-refractivity contribution < 1.29 is 19.6 Å². The zero-order valence-electron chi connectivity index (χ0n) is 13.7. The lowest BCUT2D eigenvalue weighted by atomic mass is 10.1. The molecule has 1 amide bonds. The zero-order chi connectivity index (χ0) is 18.6. The number of aromatic carboxylic acids is 1. The molecule has 8 heteroatoms. The number of hydrogen-bond acceptors (Lipinski definition) is 5. The number of carbonyl (C=O) groups is 2. The molecule has 0 heterocycles. The number of nitro groups is 1. The third kappa shape index (κ3) is 4.31. The van der Waals surface area contributed by atoms with E-state index in [1.54, 1.807) is 31.1 Å². The third-order valence-corrected chi connectivity index (χ3v) is 3.54. The number of anilines is 1. The van der Waals surface area contributed by atoms with Gasteiger partial charge in [-0.2, -0.15) is 0 Å². The molecule has 0 bridgehead atoms. The number of amides is 1. The van der Waals surface area contributed by atoms with Gasteiger partial charge in [0.05, 0.1) is 10.5 Å². The second-order valence-corrected chi connectivity index (χ2v) is 5.54. The van der Waals surface area contributed by atoms with Crippen LogP contribution in [0.1, 0.15) is 26.3 Å². The van der Waals surface area contributed by atoms with Crippen molar-refractivity contribution in [2.24, 2.45) is 0 Å². The molecule has 25 heavy (non-hydrogen) atoms. The van der Waals surface area contributed by atoms with E-state index in [0.717, 1.165) is 0 Å². The van der Waals surface area contributed by atoms with Gasteiger partial charge in [0.25, 0.3) is 11.6 Å². The Balaban J connectivity index is 2.16. The van der Waals surface area contributed by atoms with Crippen LogP contribution in [0.3, 0.4) is 0 Å². The molecule has 0 unspecified atom stereocenters. The predicted molar refractivity (Wildman–Crippen MR) is 92.0 cm³/mol. The van der Waals surface area contributed by atoms with Crippen LogP contribution in [-0.4, -0.2) is 36.0 Å². The smallest absolute Gasteiger partial charge is 0.335 e. The number of carboxylic acids is 1. The molecule has 0 aliphatic heterocycles. The van der Waals surface area contributed by atoms with Crippen molar-refractivity contribution in [2.75, 3.05) is 19.0 Å². The van der Waals surface area contributed by atoms with E-state index in [4.69, 9.17) is 5.11 Å². The summed E-state index contributed by atoms with van der Waals surface area (Å²) in [7, 11) is 3.36. The normalized spacial score (nSPS) is 10.2. The van der Waals surface area contributed by atoms with E-state index in [1.165, 1.54) is 30.3 Å². The van der Waals surface area contributed by atoms with Gasteiger partial charge in [-0.15, -0.1) is 0 Å². The second-order valence-electron chi connectivity index (χ2n) is 5.54. The molecule has 0 spiro atoms. The first-order chi connectivity index (χ1) is 11.8. The number of carbonyl (C=O) groups excluding carboxylic acids is 1. The van der Waals surface area contributed by atoms with Crippen molar-refractivity contribution in [3.8, 4) is 0 Å². The summed E-state index contributed by atoms with van der Waals surface area (Å²) in [5.41, 5.74) is 1.14. The quantitative estimate of drug-likeness (QED) is 0.614. The van der Waals surface area contributed by atoms with Crippen LogP contribution in [0.5, 0.6) is 0 Å². The first-order valence-corrected chi connectivity index (χ1v) is 7.36. The van der Waals surface area contributed by atoms with Crippen LogP contribution < -0.4 is 10.2 Å². The maximum absolute atomic E-state index is 12.2. The molecule has 2 N–H and O–H groups in total. The molecule has 2 aromatic carbocycles. The zero-order valence-corrected chi connectivity index (χ0v) is 13.7. The van der Waals surface area contributed by atoms with Crippen molar-refractivity contribution in [3.63, 3.8) is 0 Å². The minimum absolute atomic E-state index is 0.114. The highest BCUT2D eigenvalue weighted by Crippen LogP contribution is 2.27. The van der Waals surface area contributed by atoms with Crippen LogP contribution in [0.15, 0.2) is 42.5 Å². The van der Waals surface area contributed by atoms with Gasteiger partial charge in [-0.05, 0) is 29.8 Å². The maximum atomic E-state index is 12.2. The van der Waals surface area contributed by atoms with Crippen LogP contribution in [0, 0.1) is 10.1 Å². The van der Waals surface area contributed by atoms with Gasteiger partial charge in [0.15, 0.2) is 0 Å². The number of hydrogen-bond donors (Lipinski definition) is 2. The Labute approximate surface area is 143 Å². The Bertz CT molecular complexity index is 833. The van der Waals surface area contributed by atoms with Gasteiger partial charge in [-0.1, -0.05) is 12.1 Å². The molecule has 8 nitrogen and oxygen atoms in total. The molecule has 130 valence electrons. The Morgan fingerprint density at radius 3 is 2.48 bits per heavy atom. The first kappa shape index (κ1) is 17.9. The van der Waals surface area contributed by atoms with Crippen LogP contribution >= 0.6 is 0 Å². The molecule has 0 aromatic heterocycles. The number of nitro benzene ring substituents is 1. The average molecular weight is 343 g/mol. The molecule has 0 radical (unpaired) electrons. The number of carboxylic acid groups (broad SMARTS) is 1. The van der Waals surface area contributed by atoms with Crippen molar-refractivity contribution in [1.82, 2.24) is 5.32 Å². The van der Waals surface area contributed by atoms with Gasteiger partial charge in [0.2, 0.25) is 0 Å². The summed E-state index contributed by atoms with van der Waals surface area (Å²) in [6, 6.07) is 10.4. The Hall–Kier alpha value is -3.42. The number of rotatable bonds is 6. The topological polar surface area (TPSA) is 113 Å². The minimum atomic E-state index is -1.05. The molecule has 0 saturated carbocycles. The number of nitrogens with zero attached hydrogens (tertiary/aromatic N) is 2. The monoisotopic (exact) mass is 343 g/mol. The fraction of sp³-hybridized carbons (Fsp3) is 0.176. The lowest BCUT2D eigenvalue weighted by Crippen LogP contribution is -2.23. The van der Waals surface area contributed by atoms with Gasteiger partial charge in [0.1, 0.15) is 5.69 Å².